The van der Waals surface area contributed by atoms with E-state index in [2.05, 4.69) is 4.84 Å². The van der Waals surface area contributed by atoms with Crippen LogP contribution in [0, 0.1) is 5.41 Å². The lowest BCUT2D eigenvalue weighted by Crippen LogP contribution is -2.47. The Bertz CT molecular complexity index is 356. The van der Waals surface area contributed by atoms with Crippen molar-refractivity contribution in [2.24, 2.45) is 11.3 Å². The monoisotopic (exact) mass is 288 g/mol. The Morgan fingerprint density at radius 3 is 2.25 bits per heavy atom. The van der Waals surface area contributed by atoms with Crippen LogP contribution >= 0.6 is 0 Å². The molecule has 0 aromatic rings. The molecule has 0 aliphatic carbocycles. The van der Waals surface area contributed by atoms with Crippen molar-refractivity contribution in [1.29, 1.82) is 0 Å². The van der Waals surface area contributed by atoms with Gasteiger partial charge in [0.15, 0.2) is 0 Å². The number of nitrogens with two attached hydrogens (primary N) is 1. The predicted molar refractivity (Wildman–Crippen MR) is 71.9 cm³/mol. The maximum atomic E-state index is 11.9. The summed E-state index contributed by atoms with van der Waals surface area (Å²) in [6.07, 6.45) is 0.702. The van der Waals surface area contributed by atoms with Crippen molar-refractivity contribution in [3.63, 3.8) is 0 Å². The number of hydrogen-bond acceptors (Lipinski definition) is 5. The van der Waals surface area contributed by atoms with Crippen molar-refractivity contribution in [2.75, 3.05) is 19.7 Å². The third kappa shape index (κ3) is 4.97. The van der Waals surface area contributed by atoms with Gasteiger partial charge in [0.1, 0.15) is 5.60 Å². The Labute approximate surface area is 119 Å². The number of carboxylic acids is 1. The van der Waals surface area contributed by atoms with E-state index in [9.17, 15) is 9.59 Å². The lowest BCUT2D eigenvalue weighted by atomic mass is 9.76. The molecular formula is C13H24N2O5. The van der Waals surface area contributed by atoms with Crippen LogP contribution in [0.2, 0.25) is 0 Å². The molecule has 7 nitrogen and oxygen atoms in total. The lowest BCUT2D eigenvalue weighted by molar-refractivity contribution is -0.142. The number of amides is 1. The number of rotatable bonds is 4. The number of hydrogen-bond donors (Lipinski definition) is 2. The minimum absolute atomic E-state index is 0.00758. The number of aliphatic carboxylic acids is 1. The van der Waals surface area contributed by atoms with Gasteiger partial charge < -0.3 is 19.6 Å². The third-order valence-electron chi connectivity index (χ3n) is 3.39. The zero-order valence-electron chi connectivity index (χ0n) is 12.3. The van der Waals surface area contributed by atoms with E-state index in [0.717, 1.165) is 0 Å². The molecule has 0 spiro atoms. The van der Waals surface area contributed by atoms with Gasteiger partial charge in [-0.15, -0.1) is 0 Å². The van der Waals surface area contributed by atoms with Gasteiger partial charge in [-0.1, -0.05) is 0 Å². The maximum Gasteiger partial charge on any atom is 0.410 e. The van der Waals surface area contributed by atoms with Gasteiger partial charge in [-0.05, 0) is 33.6 Å². The molecule has 0 unspecified atom stereocenters. The lowest BCUT2D eigenvalue weighted by Gasteiger charge is -2.40. The smallest absolute Gasteiger partial charge is 0.410 e. The number of carbonyl (C=O) groups excluding carboxylic acids is 1. The molecule has 0 aromatic carbocycles. The minimum atomic E-state index is -0.882. The SMILES string of the molecule is CC(C)(C)OC(=O)N1CCC(CON)(CC(=O)O)CC1. The number of carboxylic acid groups (broad SMARTS) is 1. The van der Waals surface area contributed by atoms with Crippen molar-refractivity contribution < 1.29 is 24.3 Å². The Morgan fingerprint density at radius 1 is 1.30 bits per heavy atom. The van der Waals surface area contributed by atoms with Crippen LogP contribution in [0.15, 0.2) is 0 Å². The quantitative estimate of drug-likeness (QED) is 0.757. The van der Waals surface area contributed by atoms with Gasteiger partial charge in [-0.25, -0.2) is 10.7 Å². The third-order valence-corrected chi connectivity index (χ3v) is 3.39. The molecule has 1 rings (SSSR count). The summed E-state index contributed by atoms with van der Waals surface area (Å²) in [5.74, 6) is 4.22. The van der Waals surface area contributed by atoms with Crippen LogP contribution in [-0.4, -0.2) is 47.4 Å². The second-order valence-corrected chi connectivity index (χ2v) is 6.35. The highest BCUT2D eigenvalue weighted by molar-refractivity contribution is 5.69. The van der Waals surface area contributed by atoms with Crippen LogP contribution in [-0.2, 0) is 14.4 Å². The summed E-state index contributed by atoms with van der Waals surface area (Å²) in [6.45, 7) is 6.52. The molecule has 20 heavy (non-hydrogen) atoms. The van der Waals surface area contributed by atoms with Gasteiger partial charge in [0, 0.05) is 18.5 Å². The first-order valence-electron chi connectivity index (χ1n) is 6.69. The summed E-state index contributed by atoms with van der Waals surface area (Å²) in [6, 6.07) is 0. The molecule has 1 fully saturated rings. The van der Waals surface area contributed by atoms with Gasteiger partial charge >= 0.3 is 12.1 Å². The van der Waals surface area contributed by atoms with Crippen molar-refractivity contribution in [2.45, 2.75) is 45.6 Å². The van der Waals surface area contributed by atoms with Crippen molar-refractivity contribution in [3.05, 3.63) is 0 Å². The summed E-state index contributed by atoms with van der Waals surface area (Å²) in [5, 5.41) is 8.98. The van der Waals surface area contributed by atoms with Gasteiger partial charge in [0.05, 0.1) is 13.0 Å². The molecule has 1 amide bonds. The van der Waals surface area contributed by atoms with Gasteiger partial charge in [-0.2, -0.15) is 0 Å². The molecule has 116 valence electrons. The molecule has 1 aliphatic heterocycles. The van der Waals surface area contributed by atoms with Crippen molar-refractivity contribution in [1.82, 2.24) is 4.90 Å². The molecule has 0 saturated carbocycles. The van der Waals surface area contributed by atoms with E-state index in [4.69, 9.17) is 15.7 Å². The second kappa shape index (κ2) is 6.41. The molecule has 0 radical (unpaired) electrons. The van der Waals surface area contributed by atoms with Crippen LogP contribution in [0.25, 0.3) is 0 Å². The van der Waals surface area contributed by atoms with Crippen LogP contribution in [0.3, 0.4) is 0 Å². The standard InChI is InChI=1S/C13H24N2O5/c1-12(2,3)20-11(18)15-6-4-13(5-7-15,9-19-14)8-10(16)17/h4-9,14H2,1-3H3,(H,16,17). The average molecular weight is 288 g/mol. The molecule has 1 aliphatic rings. The number of nitrogens with zero attached hydrogens (tertiary/aromatic N) is 1. The highest BCUT2D eigenvalue weighted by Crippen LogP contribution is 2.35. The first-order chi connectivity index (χ1) is 9.17. The van der Waals surface area contributed by atoms with Crippen LogP contribution in [0.4, 0.5) is 4.79 Å². The number of likely N-dealkylation sites (tertiary alicyclic amines) is 1. The molecular weight excluding hydrogens is 264 g/mol. The van der Waals surface area contributed by atoms with E-state index >= 15 is 0 Å². The fourth-order valence-corrected chi connectivity index (χ4v) is 2.36. The molecule has 7 heteroatoms. The number of carbonyl (C=O) groups is 2. The molecule has 0 bridgehead atoms. The summed E-state index contributed by atoms with van der Waals surface area (Å²) >= 11 is 0. The Balaban J connectivity index is 2.60. The first kappa shape index (κ1) is 16.7. The van der Waals surface area contributed by atoms with Gasteiger partial charge in [0.2, 0.25) is 0 Å². The van der Waals surface area contributed by atoms with E-state index < -0.39 is 17.0 Å². The maximum absolute atomic E-state index is 11.9. The summed E-state index contributed by atoms with van der Waals surface area (Å²) in [7, 11) is 0. The molecule has 0 aromatic heterocycles. The van der Waals surface area contributed by atoms with Gasteiger partial charge in [-0.3, -0.25) is 4.79 Å². The van der Waals surface area contributed by atoms with Crippen molar-refractivity contribution >= 4 is 12.1 Å². The Hall–Kier alpha value is -1.34. The molecule has 1 saturated heterocycles. The van der Waals surface area contributed by atoms with Crippen LogP contribution < -0.4 is 5.90 Å². The van der Waals surface area contributed by atoms with E-state index in [-0.39, 0.29) is 19.1 Å². The van der Waals surface area contributed by atoms with Gasteiger partial charge in [0.25, 0.3) is 0 Å². The van der Waals surface area contributed by atoms with E-state index in [0.29, 0.717) is 25.9 Å². The normalized spacial score (nSPS) is 18.7. The van der Waals surface area contributed by atoms with Crippen LogP contribution in [0.1, 0.15) is 40.0 Å². The highest BCUT2D eigenvalue weighted by atomic mass is 16.6. The largest absolute Gasteiger partial charge is 0.481 e. The summed E-state index contributed by atoms with van der Waals surface area (Å²) < 4.78 is 5.30. The fraction of sp³-hybridized carbons (Fsp3) is 0.846. The Kier molecular flexibility index (Phi) is 5.35. The molecule has 3 N–H and O–H groups in total. The average Bonchev–Trinajstić information content (AvgIpc) is 2.26. The predicted octanol–water partition coefficient (Wildman–Crippen LogP) is 1.37. The van der Waals surface area contributed by atoms with Crippen molar-refractivity contribution in [3.8, 4) is 0 Å². The number of piperidine rings is 1. The molecule has 1 heterocycles. The topological polar surface area (TPSA) is 102 Å². The fourth-order valence-electron chi connectivity index (χ4n) is 2.36. The Morgan fingerprint density at radius 2 is 1.85 bits per heavy atom. The van der Waals surface area contributed by atoms with Crippen LogP contribution in [0.5, 0.6) is 0 Å². The molecule has 0 atom stereocenters. The number of ether oxygens (including phenoxy) is 1. The first-order valence-corrected chi connectivity index (χ1v) is 6.69. The zero-order valence-corrected chi connectivity index (χ0v) is 12.3. The van der Waals surface area contributed by atoms with E-state index in [1.165, 1.54) is 0 Å². The summed E-state index contributed by atoms with van der Waals surface area (Å²) in [5.41, 5.74) is -1.04. The van der Waals surface area contributed by atoms with E-state index in [1.54, 1.807) is 4.90 Å². The second-order valence-electron chi connectivity index (χ2n) is 6.35. The summed E-state index contributed by atoms with van der Waals surface area (Å²) in [4.78, 5) is 29.1. The highest BCUT2D eigenvalue weighted by Gasteiger charge is 2.39. The zero-order chi connectivity index (χ0) is 15.4. The van der Waals surface area contributed by atoms with E-state index in [1.807, 2.05) is 20.8 Å². The minimum Gasteiger partial charge on any atom is -0.481 e.